The van der Waals surface area contributed by atoms with Crippen molar-refractivity contribution in [3.63, 3.8) is 0 Å². The first kappa shape index (κ1) is 15.9. The standard InChI is InChI=1S/C14H30N2O2/c1-4-18-12-5-7-16(8-6-12)14(10-17)13(15)9-11(2)3/h11-14,17H,4-10,15H2,1-3H3. The first-order valence-corrected chi connectivity index (χ1v) is 7.30. The third-order valence-electron chi connectivity index (χ3n) is 3.77. The van der Waals surface area contributed by atoms with Crippen LogP contribution in [0.4, 0.5) is 0 Å². The van der Waals surface area contributed by atoms with Crippen LogP contribution in [-0.2, 0) is 4.74 Å². The van der Waals surface area contributed by atoms with Crippen molar-refractivity contribution in [3.8, 4) is 0 Å². The Labute approximate surface area is 111 Å². The normalized spacial score (nSPS) is 22.3. The minimum atomic E-state index is 0.0682. The van der Waals surface area contributed by atoms with E-state index in [0.29, 0.717) is 12.0 Å². The monoisotopic (exact) mass is 258 g/mol. The highest BCUT2D eigenvalue weighted by molar-refractivity contribution is 4.85. The number of hydrogen-bond donors (Lipinski definition) is 2. The number of aliphatic hydroxyl groups excluding tert-OH is 1. The molecule has 0 aliphatic carbocycles. The van der Waals surface area contributed by atoms with Crippen LogP contribution in [0.1, 0.15) is 40.0 Å². The molecule has 1 saturated heterocycles. The quantitative estimate of drug-likeness (QED) is 0.721. The molecule has 0 aromatic rings. The van der Waals surface area contributed by atoms with Crippen LogP contribution in [0.25, 0.3) is 0 Å². The van der Waals surface area contributed by atoms with Crippen molar-refractivity contribution < 1.29 is 9.84 Å². The van der Waals surface area contributed by atoms with Gasteiger partial charge >= 0.3 is 0 Å². The van der Waals surface area contributed by atoms with E-state index in [0.717, 1.165) is 39.0 Å². The van der Waals surface area contributed by atoms with E-state index in [-0.39, 0.29) is 18.7 Å². The summed E-state index contributed by atoms with van der Waals surface area (Å²) in [6.45, 7) is 9.32. The summed E-state index contributed by atoms with van der Waals surface area (Å²) in [7, 11) is 0. The summed E-state index contributed by atoms with van der Waals surface area (Å²) in [4.78, 5) is 2.34. The Morgan fingerprint density at radius 1 is 1.33 bits per heavy atom. The summed E-state index contributed by atoms with van der Waals surface area (Å²) in [6, 6.07) is 0.175. The molecule has 1 aliphatic heterocycles. The largest absolute Gasteiger partial charge is 0.395 e. The first-order valence-electron chi connectivity index (χ1n) is 7.30. The molecule has 0 aromatic carbocycles. The predicted molar refractivity (Wildman–Crippen MR) is 74.5 cm³/mol. The molecule has 108 valence electrons. The molecule has 0 amide bonds. The van der Waals surface area contributed by atoms with Gasteiger partial charge in [-0.3, -0.25) is 4.90 Å². The van der Waals surface area contributed by atoms with E-state index in [2.05, 4.69) is 18.7 Å². The lowest BCUT2D eigenvalue weighted by molar-refractivity contribution is -0.00851. The van der Waals surface area contributed by atoms with E-state index in [1.807, 2.05) is 6.92 Å². The van der Waals surface area contributed by atoms with Gasteiger partial charge in [-0.25, -0.2) is 0 Å². The average molecular weight is 258 g/mol. The lowest BCUT2D eigenvalue weighted by Crippen LogP contribution is -2.53. The number of piperidine rings is 1. The smallest absolute Gasteiger partial charge is 0.0601 e. The summed E-state index contributed by atoms with van der Waals surface area (Å²) >= 11 is 0. The molecule has 4 heteroatoms. The SMILES string of the molecule is CCOC1CCN(C(CO)C(N)CC(C)C)CC1. The second-order valence-corrected chi connectivity index (χ2v) is 5.73. The lowest BCUT2D eigenvalue weighted by Gasteiger charge is -2.39. The first-order chi connectivity index (χ1) is 8.58. The van der Waals surface area contributed by atoms with Gasteiger partial charge in [0.15, 0.2) is 0 Å². The molecule has 1 fully saturated rings. The second kappa shape index (κ2) is 8.10. The van der Waals surface area contributed by atoms with Crippen LogP contribution in [-0.4, -0.2) is 54.5 Å². The molecule has 4 nitrogen and oxygen atoms in total. The topological polar surface area (TPSA) is 58.7 Å². The van der Waals surface area contributed by atoms with E-state index < -0.39 is 0 Å². The van der Waals surface area contributed by atoms with Crippen molar-refractivity contribution in [3.05, 3.63) is 0 Å². The maximum atomic E-state index is 9.58. The second-order valence-electron chi connectivity index (χ2n) is 5.73. The summed E-state index contributed by atoms with van der Waals surface area (Å²) in [5.41, 5.74) is 6.22. The van der Waals surface area contributed by atoms with Crippen LogP contribution in [0.2, 0.25) is 0 Å². The van der Waals surface area contributed by atoms with Gasteiger partial charge in [0.2, 0.25) is 0 Å². The minimum Gasteiger partial charge on any atom is -0.395 e. The molecule has 0 bridgehead atoms. The van der Waals surface area contributed by atoms with Crippen molar-refractivity contribution in [1.29, 1.82) is 0 Å². The molecule has 2 atom stereocenters. The summed E-state index contributed by atoms with van der Waals surface area (Å²) in [5, 5.41) is 9.58. The van der Waals surface area contributed by atoms with Gasteiger partial charge in [0.05, 0.1) is 12.7 Å². The molecule has 1 aliphatic rings. The molecule has 18 heavy (non-hydrogen) atoms. The Kier molecular flexibility index (Phi) is 7.15. The number of ether oxygens (including phenoxy) is 1. The van der Waals surface area contributed by atoms with Crippen LogP contribution < -0.4 is 5.73 Å². The predicted octanol–water partition coefficient (Wildman–Crippen LogP) is 1.22. The van der Waals surface area contributed by atoms with Crippen LogP contribution in [0, 0.1) is 5.92 Å². The molecule has 0 radical (unpaired) electrons. The Morgan fingerprint density at radius 2 is 1.94 bits per heavy atom. The molecule has 3 N–H and O–H groups in total. The third kappa shape index (κ3) is 4.84. The van der Waals surface area contributed by atoms with E-state index >= 15 is 0 Å². The van der Waals surface area contributed by atoms with Crippen LogP contribution in [0.3, 0.4) is 0 Å². The maximum absolute atomic E-state index is 9.58. The van der Waals surface area contributed by atoms with Gasteiger partial charge in [0.1, 0.15) is 0 Å². The van der Waals surface area contributed by atoms with Crippen LogP contribution in [0.5, 0.6) is 0 Å². The van der Waals surface area contributed by atoms with E-state index in [9.17, 15) is 5.11 Å². The van der Waals surface area contributed by atoms with Crippen molar-refractivity contribution >= 4 is 0 Å². The van der Waals surface area contributed by atoms with Gasteiger partial charge in [-0.2, -0.15) is 0 Å². The van der Waals surface area contributed by atoms with Gasteiger partial charge in [0.25, 0.3) is 0 Å². The number of nitrogens with two attached hydrogens (primary N) is 1. The number of hydrogen-bond acceptors (Lipinski definition) is 4. The fraction of sp³-hybridized carbons (Fsp3) is 1.00. The Hall–Kier alpha value is -0.160. The van der Waals surface area contributed by atoms with Crippen molar-refractivity contribution in [2.24, 2.45) is 11.7 Å². The molecular weight excluding hydrogens is 228 g/mol. The van der Waals surface area contributed by atoms with Gasteiger partial charge in [-0.1, -0.05) is 13.8 Å². The molecule has 1 rings (SSSR count). The zero-order valence-corrected chi connectivity index (χ0v) is 12.1. The highest BCUT2D eigenvalue weighted by Gasteiger charge is 2.28. The summed E-state index contributed by atoms with van der Waals surface area (Å²) in [6.07, 6.45) is 3.47. The number of likely N-dealkylation sites (tertiary alicyclic amines) is 1. The van der Waals surface area contributed by atoms with E-state index in [1.54, 1.807) is 0 Å². The summed E-state index contributed by atoms with van der Waals surface area (Å²) < 4.78 is 5.65. The molecule has 0 aromatic heterocycles. The lowest BCUT2D eigenvalue weighted by atomic mass is 9.95. The zero-order valence-electron chi connectivity index (χ0n) is 12.1. The highest BCUT2D eigenvalue weighted by atomic mass is 16.5. The molecular formula is C14H30N2O2. The molecule has 0 spiro atoms. The van der Waals surface area contributed by atoms with Gasteiger partial charge in [-0.15, -0.1) is 0 Å². The number of nitrogens with zero attached hydrogens (tertiary/aromatic N) is 1. The Bertz CT molecular complexity index is 216. The molecule has 0 saturated carbocycles. The number of rotatable bonds is 7. The fourth-order valence-electron chi connectivity index (χ4n) is 2.83. The van der Waals surface area contributed by atoms with Crippen molar-refractivity contribution in [2.75, 3.05) is 26.3 Å². The molecule has 2 unspecified atom stereocenters. The van der Waals surface area contributed by atoms with Crippen LogP contribution in [0.15, 0.2) is 0 Å². The Balaban J connectivity index is 2.42. The minimum absolute atomic E-state index is 0.0682. The molecule has 1 heterocycles. The zero-order chi connectivity index (χ0) is 13.5. The highest BCUT2D eigenvalue weighted by Crippen LogP contribution is 2.19. The van der Waals surface area contributed by atoms with Crippen molar-refractivity contribution in [1.82, 2.24) is 4.90 Å². The van der Waals surface area contributed by atoms with Gasteiger partial charge < -0.3 is 15.6 Å². The fourth-order valence-corrected chi connectivity index (χ4v) is 2.83. The van der Waals surface area contributed by atoms with Crippen molar-refractivity contribution in [2.45, 2.75) is 58.2 Å². The van der Waals surface area contributed by atoms with E-state index in [4.69, 9.17) is 10.5 Å². The summed E-state index contributed by atoms with van der Waals surface area (Å²) in [5.74, 6) is 0.579. The van der Waals surface area contributed by atoms with Gasteiger partial charge in [-0.05, 0) is 32.1 Å². The van der Waals surface area contributed by atoms with E-state index in [1.165, 1.54) is 0 Å². The van der Waals surface area contributed by atoms with Gasteiger partial charge in [0, 0.05) is 31.8 Å². The third-order valence-corrected chi connectivity index (χ3v) is 3.77. The van der Waals surface area contributed by atoms with Crippen LogP contribution >= 0.6 is 0 Å². The average Bonchev–Trinajstić information content (AvgIpc) is 2.31. The number of aliphatic hydroxyl groups is 1. The maximum Gasteiger partial charge on any atom is 0.0601 e. The Morgan fingerprint density at radius 3 is 2.39 bits per heavy atom.